The second-order valence-electron chi connectivity index (χ2n) is 4.71. The van der Waals surface area contributed by atoms with Gasteiger partial charge in [0.25, 0.3) is 0 Å². The first kappa shape index (κ1) is 18.5. The normalized spacial score (nSPS) is 10.2. The number of hydrogen-bond donors (Lipinski definition) is 1. The zero-order chi connectivity index (χ0) is 15.2. The third-order valence-corrected chi connectivity index (χ3v) is 3.18. The third kappa shape index (κ3) is 5.05. The summed E-state index contributed by atoms with van der Waals surface area (Å²) in [5.74, 6) is 1.24. The predicted molar refractivity (Wildman–Crippen MR) is 89.3 cm³/mol. The minimum absolute atomic E-state index is 0. The third-order valence-electron chi connectivity index (χ3n) is 2.88. The quantitative estimate of drug-likeness (QED) is 0.831. The molecule has 0 fully saturated rings. The highest BCUT2D eigenvalue weighted by atomic mass is 35.5. The maximum atomic E-state index is 6.11. The van der Waals surface area contributed by atoms with Crippen LogP contribution in [-0.4, -0.2) is 37.4 Å². The molecule has 0 atom stereocenters. The zero-order valence-corrected chi connectivity index (χ0v) is 14.4. The Hall–Kier alpha value is -1.50. The van der Waals surface area contributed by atoms with E-state index in [0.717, 1.165) is 5.56 Å². The Morgan fingerprint density at radius 2 is 2.14 bits per heavy atom. The Labute approximate surface area is 141 Å². The van der Waals surface area contributed by atoms with Gasteiger partial charge in [-0.1, -0.05) is 22.8 Å². The number of nitrogens with zero attached hydrogens (tertiary/aromatic N) is 3. The lowest BCUT2D eigenvalue weighted by molar-refractivity contribution is 0.322. The first-order valence-corrected chi connectivity index (χ1v) is 7.05. The van der Waals surface area contributed by atoms with Crippen LogP contribution in [-0.2, 0) is 6.54 Å². The van der Waals surface area contributed by atoms with Crippen LogP contribution >= 0.6 is 24.0 Å². The molecule has 1 aromatic carbocycles. The van der Waals surface area contributed by atoms with E-state index in [1.807, 2.05) is 44.1 Å². The Balaban J connectivity index is 0.00000242. The minimum atomic E-state index is 0. The highest BCUT2D eigenvalue weighted by Crippen LogP contribution is 2.25. The monoisotopic (exact) mass is 346 g/mol. The van der Waals surface area contributed by atoms with Crippen molar-refractivity contribution in [3.63, 3.8) is 0 Å². The molecule has 0 saturated carbocycles. The maximum absolute atomic E-state index is 6.11. The van der Waals surface area contributed by atoms with Crippen LogP contribution in [0, 0.1) is 6.92 Å². The van der Waals surface area contributed by atoms with Gasteiger partial charge in [0.1, 0.15) is 12.4 Å². The van der Waals surface area contributed by atoms with Crippen LogP contribution in [0.5, 0.6) is 5.75 Å². The van der Waals surface area contributed by atoms with Crippen LogP contribution < -0.4 is 15.0 Å². The van der Waals surface area contributed by atoms with E-state index in [1.165, 1.54) is 0 Å². The van der Waals surface area contributed by atoms with Crippen LogP contribution in [0.4, 0.5) is 6.01 Å². The summed E-state index contributed by atoms with van der Waals surface area (Å²) in [7, 11) is 3.70. The SMILES string of the molecule is CNCc1nnc(N(C)CCOc2ccc(C)cc2Cl)o1.Cl. The molecule has 1 aromatic heterocycles. The van der Waals surface area contributed by atoms with Gasteiger partial charge in [0.2, 0.25) is 5.89 Å². The van der Waals surface area contributed by atoms with E-state index in [0.29, 0.717) is 42.4 Å². The Kier molecular flexibility index (Phi) is 7.44. The van der Waals surface area contributed by atoms with E-state index in [4.69, 9.17) is 20.8 Å². The number of likely N-dealkylation sites (N-methyl/N-ethyl adjacent to an activating group) is 1. The van der Waals surface area contributed by atoms with Gasteiger partial charge in [-0.3, -0.25) is 0 Å². The molecule has 0 amide bonds. The largest absolute Gasteiger partial charge is 0.490 e. The molecule has 22 heavy (non-hydrogen) atoms. The van der Waals surface area contributed by atoms with Gasteiger partial charge < -0.3 is 19.4 Å². The summed E-state index contributed by atoms with van der Waals surface area (Å²) in [4.78, 5) is 1.84. The summed E-state index contributed by atoms with van der Waals surface area (Å²) in [6, 6.07) is 6.18. The number of nitrogens with one attached hydrogen (secondary N) is 1. The lowest BCUT2D eigenvalue weighted by Gasteiger charge is -2.15. The molecule has 6 nitrogen and oxygen atoms in total. The van der Waals surface area contributed by atoms with Gasteiger partial charge in [-0.05, 0) is 31.7 Å². The summed E-state index contributed by atoms with van der Waals surface area (Å²) in [6.07, 6.45) is 0. The van der Waals surface area contributed by atoms with E-state index in [2.05, 4.69) is 15.5 Å². The Morgan fingerprint density at radius 1 is 1.36 bits per heavy atom. The topological polar surface area (TPSA) is 63.4 Å². The van der Waals surface area contributed by atoms with Crippen LogP contribution in [0.25, 0.3) is 0 Å². The van der Waals surface area contributed by atoms with Gasteiger partial charge in [-0.2, -0.15) is 0 Å². The number of aryl methyl sites for hydroxylation is 1. The molecule has 122 valence electrons. The molecule has 0 aliphatic rings. The highest BCUT2D eigenvalue weighted by Gasteiger charge is 2.10. The van der Waals surface area contributed by atoms with Gasteiger partial charge >= 0.3 is 6.01 Å². The lowest BCUT2D eigenvalue weighted by Crippen LogP contribution is -2.24. The van der Waals surface area contributed by atoms with Gasteiger partial charge in [0.05, 0.1) is 18.1 Å². The van der Waals surface area contributed by atoms with Crippen LogP contribution in [0.3, 0.4) is 0 Å². The first-order chi connectivity index (χ1) is 10.1. The summed E-state index contributed by atoms with van der Waals surface area (Å²) in [5.41, 5.74) is 1.10. The molecule has 1 N–H and O–H groups in total. The molecule has 0 saturated heterocycles. The number of rotatable bonds is 7. The fourth-order valence-corrected chi connectivity index (χ4v) is 2.02. The second-order valence-corrected chi connectivity index (χ2v) is 5.12. The maximum Gasteiger partial charge on any atom is 0.318 e. The van der Waals surface area contributed by atoms with Crippen LogP contribution in [0.1, 0.15) is 11.5 Å². The molecule has 2 aromatic rings. The van der Waals surface area contributed by atoms with Gasteiger partial charge in [-0.15, -0.1) is 17.5 Å². The summed E-state index contributed by atoms with van der Waals surface area (Å²) >= 11 is 6.11. The van der Waals surface area contributed by atoms with Crippen molar-refractivity contribution in [3.05, 3.63) is 34.7 Å². The molecular formula is C14H20Cl2N4O2. The molecule has 0 aliphatic heterocycles. The summed E-state index contributed by atoms with van der Waals surface area (Å²) < 4.78 is 11.2. The number of halogens is 2. The fourth-order valence-electron chi connectivity index (χ4n) is 1.73. The Bertz CT molecular complexity index is 592. The minimum Gasteiger partial charge on any atom is -0.490 e. The van der Waals surface area contributed by atoms with Crippen LogP contribution in [0.15, 0.2) is 22.6 Å². The van der Waals surface area contributed by atoms with Gasteiger partial charge in [0.15, 0.2) is 0 Å². The molecule has 1 heterocycles. The molecule has 0 bridgehead atoms. The number of benzene rings is 1. The van der Waals surface area contributed by atoms with Gasteiger partial charge in [0, 0.05) is 7.05 Å². The Morgan fingerprint density at radius 3 is 2.82 bits per heavy atom. The average Bonchev–Trinajstić information content (AvgIpc) is 2.90. The van der Waals surface area contributed by atoms with Crippen LogP contribution in [0.2, 0.25) is 5.02 Å². The van der Waals surface area contributed by atoms with Crippen molar-refractivity contribution in [3.8, 4) is 5.75 Å². The van der Waals surface area contributed by atoms with Crippen molar-refractivity contribution < 1.29 is 9.15 Å². The number of anilines is 1. The predicted octanol–water partition coefficient (Wildman–Crippen LogP) is 2.69. The zero-order valence-electron chi connectivity index (χ0n) is 12.8. The second kappa shape index (κ2) is 8.82. The molecule has 0 aliphatic carbocycles. The molecule has 0 radical (unpaired) electrons. The van der Waals surface area contributed by atoms with Crippen molar-refractivity contribution in [1.29, 1.82) is 0 Å². The van der Waals surface area contributed by atoms with E-state index >= 15 is 0 Å². The smallest absolute Gasteiger partial charge is 0.318 e. The lowest BCUT2D eigenvalue weighted by atomic mass is 10.2. The summed E-state index contributed by atoms with van der Waals surface area (Å²) in [5, 5.41) is 11.5. The number of hydrogen-bond acceptors (Lipinski definition) is 6. The molecule has 2 rings (SSSR count). The fraction of sp³-hybridized carbons (Fsp3) is 0.429. The highest BCUT2D eigenvalue weighted by molar-refractivity contribution is 6.32. The van der Waals surface area contributed by atoms with Crippen molar-refractivity contribution in [1.82, 2.24) is 15.5 Å². The van der Waals surface area contributed by atoms with Crippen molar-refractivity contribution in [2.24, 2.45) is 0 Å². The van der Waals surface area contributed by atoms with Gasteiger partial charge in [-0.25, -0.2) is 0 Å². The first-order valence-electron chi connectivity index (χ1n) is 6.67. The van der Waals surface area contributed by atoms with Crippen molar-refractivity contribution in [2.75, 3.05) is 32.1 Å². The molecule has 8 heteroatoms. The van der Waals surface area contributed by atoms with E-state index < -0.39 is 0 Å². The number of ether oxygens (including phenoxy) is 1. The standard InChI is InChI=1S/C14H19ClN4O2.ClH/c1-10-4-5-12(11(15)8-10)20-7-6-19(3)14-18-17-13(21-14)9-16-2;/h4-5,8,16H,6-7,9H2,1-3H3;1H. The van der Waals surface area contributed by atoms with E-state index in [-0.39, 0.29) is 12.4 Å². The molecular weight excluding hydrogens is 327 g/mol. The summed E-state index contributed by atoms with van der Waals surface area (Å²) in [6.45, 7) is 3.63. The molecule has 0 spiro atoms. The average molecular weight is 347 g/mol. The van der Waals surface area contributed by atoms with Crippen molar-refractivity contribution >= 4 is 30.0 Å². The molecule has 0 unspecified atom stereocenters. The van der Waals surface area contributed by atoms with E-state index in [9.17, 15) is 0 Å². The van der Waals surface area contributed by atoms with E-state index in [1.54, 1.807) is 0 Å². The number of aromatic nitrogens is 2. The van der Waals surface area contributed by atoms with Crippen molar-refractivity contribution in [2.45, 2.75) is 13.5 Å².